The lowest BCUT2D eigenvalue weighted by Gasteiger charge is -2.14. The molecule has 0 unspecified atom stereocenters. The molecule has 1 aromatic heterocycles. The van der Waals surface area contributed by atoms with Gasteiger partial charge in [-0.15, -0.1) is 0 Å². The van der Waals surface area contributed by atoms with Gasteiger partial charge in [-0.25, -0.2) is 4.98 Å². The van der Waals surface area contributed by atoms with Gasteiger partial charge in [-0.1, -0.05) is 29.8 Å². The molecule has 0 saturated heterocycles. The van der Waals surface area contributed by atoms with Crippen molar-refractivity contribution < 1.29 is 4.74 Å². The number of ether oxygens (including phenoxy) is 1. The fourth-order valence-corrected chi connectivity index (χ4v) is 2.18. The largest absolute Gasteiger partial charge is 0.425 e. The maximum Gasteiger partial charge on any atom is 0.301 e. The molecule has 4 heteroatoms. The molecule has 0 amide bonds. The van der Waals surface area contributed by atoms with E-state index in [1.165, 1.54) is 5.56 Å². The van der Waals surface area contributed by atoms with Crippen molar-refractivity contribution in [1.29, 1.82) is 0 Å². The summed E-state index contributed by atoms with van der Waals surface area (Å²) in [4.78, 5) is 4.23. The smallest absolute Gasteiger partial charge is 0.301 e. The third kappa shape index (κ3) is 2.75. The van der Waals surface area contributed by atoms with E-state index >= 15 is 0 Å². The molecular weight excluding hydrogens is 292 g/mol. The minimum absolute atomic E-state index is 0.405. The normalized spacial score (nSPS) is 10.9. The van der Waals surface area contributed by atoms with Crippen molar-refractivity contribution in [3.63, 3.8) is 0 Å². The second-order valence-electron chi connectivity index (χ2n) is 4.43. The summed E-state index contributed by atoms with van der Waals surface area (Å²) in [6, 6.07) is 6.70. The van der Waals surface area contributed by atoms with E-state index < -0.39 is 0 Å². The van der Waals surface area contributed by atoms with E-state index in [0.717, 1.165) is 16.8 Å². The summed E-state index contributed by atoms with van der Waals surface area (Å²) < 4.78 is 8.96. The zero-order valence-corrected chi connectivity index (χ0v) is 12.4. The monoisotopic (exact) mass is 308 g/mol. The Balaban J connectivity index is 2.34. The first-order valence-electron chi connectivity index (χ1n) is 6.10. The van der Waals surface area contributed by atoms with E-state index in [9.17, 15) is 0 Å². The molecule has 0 aliphatic heterocycles. The Kier molecular flexibility index (Phi) is 4.07. The van der Waals surface area contributed by atoms with Crippen LogP contribution < -0.4 is 4.74 Å². The molecule has 1 aromatic carbocycles. The number of nitrogens with zero attached hydrogens (tertiary/aromatic N) is 2. The average Bonchev–Trinajstić information content (AvgIpc) is 2.78. The summed E-state index contributed by atoms with van der Waals surface area (Å²) in [5.41, 5.74) is 1.18. The van der Waals surface area contributed by atoms with Gasteiger partial charge in [0, 0.05) is 23.4 Å². The molecule has 2 rings (SSSR count). The van der Waals surface area contributed by atoms with Gasteiger partial charge in [0.2, 0.25) is 0 Å². The van der Waals surface area contributed by atoms with Gasteiger partial charge in [-0.05, 0) is 36.6 Å². The Bertz CT molecular complexity index is 534. The van der Waals surface area contributed by atoms with Crippen molar-refractivity contribution in [2.75, 3.05) is 0 Å². The molecular formula is C14H17BrN2O. The zero-order chi connectivity index (χ0) is 13.1. The van der Waals surface area contributed by atoms with Crippen LogP contribution in [0.25, 0.3) is 0 Å². The molecule has 18 heavy (non-hydrogen) atoms. The van der Waals surface area contributed by atoms with Gasteiger partial charge in [0.05, 0.1) is 0 Å². The molecule has 0 aliphatic rings. The molecule has 3 nitrogen and oxygen atoms in total. The number of hydrogen-bond donors (Lipinski definition) is 0. The summed E-state index contributed by atoms with van der Waals surface area (Å²) in [7, 11) is 0. The Hall–Kier alpha value is -1.29. The summed E-state index contributed by atoms with van der Waals surface area (Å²) >= 11 is 3.49. The summed E-state index contributed by atoms with van der Waals surface area (Å²) in [5.74, 6) is 1.27. The Morgan fingerprint density at radius 1 is 1.39 bits per heavy atom. The molecule has 0 aliphatic carbocycles. The van der Waals surface area contributed by atoms with Gasteiger partial charge in [0.15, 0.2) is 0 Å². The van der Waals surface area contributed by atoms with Crippen molar-refractivity contribution in [1.82, 2.24) is 9.55 Å². The lowest BCUT2D eigenvalue weighted by molar-refractivity contribution is 0.409. The lowest BCUT2D eigenvalue weighted by Crippen LogP contribution is -2.00. The van der Waals surface area contributed by atoms with Gasteiger partial charge in [-0.3, -0.25) is 0 Å². The standard InChI is InChI=1S/C14H17BrN2O/c1-4-17-8-7-16-14(17)18-13-6-5-11(15)9-12(13)10(2)3/h5-10H,4H2,1-3H3. The van der Waals surface area contributed by atoms with Crippen molar-refractivity contribution >= 4 is 15.9 Å². The van der Waals surface area contributed by atoms with Crippen LogP contribution in [-0.4, -0.2) is 9.55 Å². The van der Waals surface area contributed by atoms with Crippen molar-refractivity contribution in [2.45, 2.75) is 33.2 Å². The zero-order valence-electron chi connectivity index (χ0n) is 10.9. The SMILES string of the molecule is CCn1ccnc1Oc1ccc(Br)cc1C(C)C. The quantitative estimate of drug-likeness (QED) is 0.826. The molecule has 0 fully saturated rings. The van der Waals surface area contributed by atoms with Crippen molar-refractivity contribution in [2.24, 2.45) is 0 Å². The maximum atomic E-state index is 5.92. The van der Waals surface area contributed by atoms with Crippen LogP contribution in [0.3, 0.4) is 0 Å². The second kappa shape index (κ2) is 5.57. The summed E-state index contributed by atoms with van der Waals surface area (Å²) in [5, 5.41) is 0. The number of aryl methyl sites for hydroxylation is 1. The highest BCUT2D eigenvalue weighted by Gasteiger charge is 2.11. The van der Waals surface area contributed by atoms with E-state index in [2.05, 4.69) is 47.8 Å². The van der Waals surface area contributed by atoms with E-state index in [1.54, 1.807) is 6.20 Å². The Morgan fingerprint density at radius 2 is 2.17 bits per heavy atom. The van der Waals surface area contributed by atoms with Crippen molar-refractivity contribution in [3.8, 4) is 11.8 Å². The highest BCUT2D eigenvalue weighted by atomic mass is 79.9. The molecule has 0 spiro atoms. The molecule has 1 heterocycles. The van der Waals surface area contributed by atoms with E-state index in [4.69, 9.17) is 4.74 Å². The van der Waals surface area contributed by atoms with Crippen LogP contribution in [0.5, 0.6) is 11.8 Å². The molecule has 0 radical (unpaired) electrons. The van der Waals surface area contributed by atoms with Crippen LogP contribution in [0.1, 0.15) is 32.3 Å². The average molecular weight is 309 g/mol. The fraction of sp³-hybridized carbons (Fsp3) is 0.357. The minimum Gasteiger partial charge on any atom is -0.425 e. The minimum atomic E-state index is 0.405. The first kappa shape index (κ1) is 13.1. The fourth-order valence-electron chi connectivity index (χ4n) is 1.80. The third-order valence-electron chi connectivity index (χ3n) is 2.81. The predicted octanol–water partition coefficient (Wildman–Crippen LogP) is 4.58. The highest BCUT2D eigenvalue weighted by molar-refractivity contribution is 9.10. The van der Waals surface area contributed by atoms with Crippen LogP contribution in [0.2, 0.25) is 0 Å². The third-order valence-corrected chi connectivity index (χ3v) is 3.31. The van der Waals surface area contributed by atoms with Gasteiger partial charge < -0.3 is 9.30 Å². The first-order valence-corrected chi connectivity index (χ1v) is 6.89. The van der Waals surface area contributed by atoms with E-state index in [1.807, 2.05) is 22.9 Å². The number of aromatic nitrogens is 2. The topological polar surface area (TPSA) is 27.1 Å². The van der Waals surface area contributed by atoms with Crippen molar-refractivity contribution in [3.05, 3.63) is 40.6 Å². The molecule has 0 N–H and O–H groups in total. The van der Waals surface area contributed by atoms with Crippen LogP contribution in [0.4, 0.5) is 0 Å². The predicted molar refractivity (Wildman–Crippen MR) is 76.2 cm³/mol. The Labute approximate surface area is 116 Å². The first-order chi connectivity index (χ1) is 8.61. The van der Waals surface area contributed by atoms with Gasteiger partial charge in [0.1, 0.15) is 5.75 Å². The van der Waals surface area contributed by atoms with Gasteiger partial charge in [-0.2, -0.15) is 0 Å². The second-order valence-corrected chi connectivity index (χ2v) is 5.35. The maximum absolute atomic E-state index is 5.92. The van der Waals surface area contributed by atoms with Crippen LogP contribution in [0.15, 0.2) is 35.1 Å². The number of halogens is 1. The lowest BCUT2D eigenvalue weighted by atomic mass is 10.0. The molecule has 0 atom stereocenters. The number of benzene rings is 1. The van der Waals surface area contributed by atoms with E-state index in [0.29, 0.717) is 11.9 Å². The van der Waals surface area contributed by atoms with Crippen LogP contribution in [0, 0.1) is 0 Å². The molecule has 96 valence electrons. The number of imidazole rings is 1. The highest BCUT2D eigenvalue weighted by Crippen LogP contribution is 2.32. The van der Waals surface area contributed by atoms with Gasteiger partial charge >= 0.3 is 6.01 Å². The number of hydrogen-bond acceptors (Lipinski definition) is 2. The summed E-state index contributed by atoms with van der Waals surface area (Å²) in [6.07, 6.45) is 3.68. The molecule has 0 saturated carbocycles. The molecule has 2 aromatic rings. The number of rotatable bonds is 4. The Morgan fingerprint density at radius 3 is 2.83 bits per heavy atom. The van der Waals surface area contributed by atoms with E-state index in [-0.39, 0.29) is 0 Å². The molecule has 0 bridgehead atoms. The van der Waals surface area contributed by atoms with Gasteiger partial charge in [0.25, 0.3) is 0 Å². The van der Waals surface area contributed by atoms with Crippen LogP contribution >= 0.6 is 15.9 Å². The summed E-state index contributed by atoms with van der Waals surface area (Å²) in [6.45, 7) is 7.23. The van der Waals surface area contributed by atoms with Crippen LogP contribution in [-0.2, 0) is 6.54 Å².